The van der Waals surface area contributed by atoms with Crippen molar-refractivity contribution < 1.29 is 9.53 Å². The number of carbonyl (C=O) groups is 1. The predicted molar refractivity (Wildman–Crippen MR) is 134 cm³/mol. The Kier molecular flexibility index (Phi) is 6.57. The van der Waals surface area contributed by atoms with Crippen LogP contribution in [-0.4, -0.2) is 43.4 Å². The summed E-state index contributed by atoms with van der Waals surface area (Å²) in [7, 11) is 0. The summed E-state index contributed by atoms with van der Waals surface area (Å²) < 4.78 is 8.18. The molecule has 0 N–H and O–H groups in total. The molecule has 35 heavy (non-hydrogen) atoms. The summed E-state index contributed by atoms with van der Waals surface area (Å²) in [5.74, 6) is 2.28. The zero-order chi connectivity index (χ0) is 24.2. The summed E-state index contributed by atoms with van der Waals surface area (Å²) in [5.41, 5.74) is 3.64. The van der Waals surface area contributed by atoms with Gasteiger partial charge in [0.2, 0.25) is 5.88 Å². The molecule has 1 aliphatic heterocycles. The van der Waals surface area contributed by atoms with Crippen LogP contribution in [0.15, 0.2) is 73.3 Å². The van der Waals surface area contributed by atoms with E-state index in [1.807, 2.05) is 73.5 Å². The molecule has 0 unspecified atom stereocenters. The molecule has 1 amide bonds. The van der Waals surface area contributed by atoms with Crippen LogP contribution in [0, 0.1) is 13.8 Å². The van der Waals surface area contributed by atoms with Gasteiger partial charge in [-0.1, -0.05) is 30.3 Å². The molecule has 0 radical (unpaired) electrons. The van der Waals surface area contributed by atoms with Crippen LogP contribution in [0.4, 0.5) is 0 Å². The topological polar surface area (TPSA) is 73.1 Å². The van der Waals surface area contributed by atoms with Crippen molar-refractivity contribution in [3.05, 3.63) is 102 Å². The summed E-state index contributed by atoms with van der Waals surface area (Å²) in [6.45, 7) is 5.92. The molecule has 1 aliphatic rings. The van der Waals surface area contributed by atoms with Crippen molar-refractivity contribution in [1.82, 2.24) is 24.4 Å². The minimum absolute atomic E-state index is 0.0492. The van der Waals surface area contributed by atoms with Crippen molar-refractivity contribution in [2.45, 2.75) is 39.2 Å². The van der Waals surface area contributed by atoms with E-state index in [0.29, 0.717) is 19.0 Å². The molecule has 0 spiro atoms. The van der Waals surface area contributed by atoms with E-state index in [0.717, 1.165) is 53.3 Å². The van der Waals surface area contributed by atoms with E-state index in [9.17, 15) is 4.79 Å². The number of hydrogen-bond donors (Lipinski definition) is 0. The smallest absolute Gasteiger partial charge is 0.254 e. The van der Waals surface area contributed by atoms with Crippen molar-refractivity contribution in [2.24, 2.45) is 0 Å². The molecule has 2 aromatic carbocycles. The van der Waals surface area contributed by atoms with Crippen molar-refractivity contribution in [3.8, 4) is 11.6 Å². The molecule has 0 aliphatic carbocycles. The van der Waals surface area contributed by atoms with Gasteiger partial charge in [0.15, 0.2) is 0 Å². The number of carbonyl (C=O) groups excluding carboxylic acids is 1. The monoisotopic (exact) mass is 467 g/mol. The number of rotatable bonds is 6. The SMILES string of the molecule is Cc1cccc(Oc2nccnc2[C@H]2CCCN(C(=O)c3ccccc3Cn3ccnc3C)C2)c1. The highest BCUT2D eigenvalue weighted by molar-refractivity contribution is 5.95. The van der Waals surface area contributed by atoms with Crippen molar-refractivity contribution >= 4 is 5.91 Å². The number of hydrogen-bond acceptors (Lipinski definition) is 5. The molecular formula is C28H29N5O2. The van der Waals surface area contributed by atoms with E-state index in [4.69, 9.17) is 4.74 Å². The molecule has 0 saturated carbocycles. The Hall–Kier alpha value is -4.00. The molecule has 2 aromatic heterocycles. The fourth-order valence-corrected chi connectivity index (χ4v) is 4.66. The van der Waals surface area contributed by atoms with E-state index in [2.05, 4.69) is 19.5 Å². The molecule has 3 heterocycles. The Morgan fingerprint density at radius 1 is 1.03 bits per heavy atom. The lowest BCUT2D eigenvalue weighted by atomic mass is 9.93. The third kappa shape index (κ3) is 5.09. The number of amides is 1. The summed E-state index contributed by atoms with van der Waals surface area (Å²) in [6, 6.07) is 15.7. The minimum atomic E-state index is 0.0492. The first kappa shape index (κ1) is 22.8. The van der Waals surface area contributed by atoms with Crippen LogP contribution in [0.25, 0.3) is 0 Å². The van der Waals surface area contributed by atoms with Crippen LogP contribution in [0.3, 0.4) is 0 Å². The minimum Gasteiger partial charge on any atom is -0.437 e. The van der Waals surface area contributed by atoms with Gasteiger partial charge < -0.3 is 14.2 Å². The predicted octanol–water partition coefficient (Wildman–Crippen LogP) is 5.15. The molecule has 1 saturated heterocycles. The summed E-state index contributed by atoms with van der Waals surface area (Å²) in [6.07, 6.45) is 8.91. The number of aryl methyl sites for hydroxylation is 2. The molecule has 1 atom stereocenters. The summed E-state index contributed by atoms with van der Waals surface area (Å²) in [5, 5.41) is 0. The van der Waals surface area contributed by atoms with E-state index in [1.165, 1.54) is 0 Å². The molecule has 0 bridgehead atoms. The highest BCUT2D eigenvalue weighted by Crippen LogP contribution is 2.33. The molecule has 4 aromatic rings. The first-order valence-electron chi connectivity index (χ1n) is 12.0. The standard InChI is InChI=1S/C28H29N5O2/c1-20-7-5-10-24(17-20)35-27-26(30-12-13-31-27)23-9-6-15-33(19-23)28(34)25-11-4-3-8-22(25)18-32-16-14-29-21(32)2/h3-5,7-8,10-14,16-17,23H,6,9,15,18-19H2,1-2H3/t23-/m0/s1. The molecule has 7 heteroatoms. The number of aromatic nitrogens is 4. The van der Waals surface area contributed by atoms with Crippen LogP contribution >= 0.6 is 0 Å². The van der Waals surface area contributed by atoms with Crippen LogP contribution in [-0.2, 0) is 6.54 Å². The molecular weight excluding hydrogens is 438 g/mol. The number of likely N-dealkylation sites (tertiary alicyclic amines) is 1. The maximum Gasteiger partial charge on any atom is 0.254 e. The fraction of sp³-hybridized carbons (Fsp3) is 0.286. The Bertz CT molecular complexity index is 1330. The van der Waals surface area contributed by atoms with Gasteiger partial charge >= 0.3 is 0 Å². The van der Waals surface area contributed by atoms with E-state index >= 15 is 0 Å². The van der Waals surface area contributed by atoms with Gasteiger partial charge in [-0.2, -0.15) is 0 Å². The van der Waals surface area contributed by atoms with Gasteiger partial charge in [0.25, 0.3) is 5.91 Å². The summed E-state index contributed by atoms with van der Waals surface area (Å²) in [4.78, 5) is 29.0. The number of piperidine rings is 1. The van der Waals surface area contributed by atoms with Gasteiger partial charge in [-0.25, -0.2) is 9.97 Å². The summed E-state index contributed by atoms with van der Waals surface area (Å²) >= 11 is 0. The number of nitrogens with zero attached hydrogens (tertiary/aromatic N) is 5. The Labute approximate surface area is 205 Å². The zero-order valence-corrected chi connectivity index (χ0v) is 20.1. The lowest BCUT2D eigenvalue weighted by Crippen LogP contribution is -2.39. The van der Waals surface area contributed by atoms with Gasteiger partial charge in [-0.15, -0.1) is 0 Å². The molecule has 178 valence electrons. The molecule has 7 nitrogen and oxygen atoms in total. The first-order chi connectivity index (χ1) is 17.1. The second-order valence-electron chi connectivity index (χ2n) is 9.02. The van der Waals surface area contributed by atoms with Crippen molar-refractivity contribution in [2.75, 3.05) is 13.1 Å². The second kappa shape index (κ2) is 10.1. The third-order valence-corrected chi connectivity index (χ3v) is 6.50. The normalized spacial score (nSPS) is 15.7. The maximum absolute atomic E-state index is 13.7. The number of imidazole rings is 1. The average molecular weight is 468 g/mol. The largest absolute Gasteiger partial charge is 0.437 e. The lowest BCUT2D eigenvalue weighted by molar-refractivity contribution is 0.0703. The number of benzene rings is 2. The van der Waals surface area contributed by atoms with E-state index in [1.54, 1.807) is 18.6 Å². The van der Waals surface area contributed by atoms with Crippen LogP contribution < -0.4 is 4.74 Å². The van der Waals surface area contributed by atoms with Crippen LogP contribution in [0.2, 0.25) is 0 Å². The van der Waals surface area contributed by atoms with Crippen molar-refractivity contribution in [3.63, 3.8) is 0 Å². The first-order valence-corrected chi connectivity index (χ1v) is 12.0. The van der Waals surface area contributed by atoms with Gasteiger partial charge in [-0.3, -0.25) is 9.78 Å². The van der Waals surface area contributed by atoms with Gasteiger partial charge in [0.05, 0.1) is 0 Å². The highest BCUT2D eigenvalue weighted by atomic mass is 16.5. The Morgan fingerprint density at radius 3 is 2.71 bits per heavy atom. The number of ether oxygens (including phenoxy) is 1. The average Bonchev–Trinajstić information content (AvgIpc) is 3.28. The van der Waals surface area contributed by atoms with Gasteiger partial charge in [0.1, 0.15) is 17.3 Å². The molecule has 5 rings (SSSR count). The Balaban J connectivity index is 1.36. The van der Waals surface area contributed by atoms with E-state index < -0.39 is 0 Å². The fourth-order valence-electron chi connectivity index (χ4n) is 4.66. The van der Waals surface area contributed by atoms with Gasteiger partial charge in [0, 0.05) is 55.9 Å². The second-order valence-corrected chi connectivity index (χ2v) is 9.02. The lowest BCUT2D eigenvalue weighted by Gasteiger charge is -2.33. The van der Waals surface area contributed by atoms with Gasteiger partial charge in [-0.05, 0) is 56.0 Å². The van der Waals surface area contributed by atoms with Crippen molar-refractivity contribution in [1.29, 1.82) is 0 Å². The maximum atomic E-state index is 13.7. The zero-order valence-electron chi connectivity index (χ0n) is 20.1. The highest BCUT2D eigenvalue weighted by Gasteiger charge is 2.29. The van der Waals surface area contributed by atoms with Crippen LogP contribution in [0.5, 0.6) is 11.6 Å². The Morgan fingerprint density at radius 2 is 1.89 bits per heavy atom. The quantitative estimate of drug-likeness (QED) is 0.392. The van der Waals surface area contributed by atoms with Crippen LogP contribution in [0.1, 0.15) is 51.8 Å². The van der Waals surface area contributed by atoms with E-state index in [-0.39, 0.29) is 11.8 Å². The molecule has 1 fully saturated rings. The third-order valence-electron chi connectivity index (χ3n) is 6.50.